The highest BCUT2D eigenvalue weighted by molar-refractivity contribution is 7.47. The predicted molar refractivity (Wildman–Crippen MR) is 194 cm³/mol. The molecular weight excluding hydrogens is 649 g/mol. The van der Waals surface area contributed by atoms with Crippen LogP contribution in [-0.4, -0.2) is 59.9 Å². The van der Waals surface area contributed by atoms with Crippen LogP contribution < -0.4 is 5.73 Å². The fourth-order valence-electron chi connectivity index (χ4n) is 5.18. The number of phosphoric acid groups is 1. The number of rotatable bonds is 36. The Morgan fingerprint density at radius 2 is 1.02 bits per heavy atom. The molecule has 4 N–H and O–H groups in total. The fraction of sp³-hybridized carbons (Fsp3) is 0.865. The first-order valence-corrected chi connectivity index (χ1v) is 20.7. The summed E-state index contributed by atoms with van der Waals surface area (Å²) in [5.41, 5.74) is 5.31. The minimum absolute atomic E-state index is 0.155. The summed E-state index contributed by atoms with van der Waals surface area (Å²) in [4.78, 5) is 45.6. The number of esters is 2. The SMILES string of the molecule is CCCCCCCCC/C=C\CCCCCCCC(=O)O[C@H](COC(=O)CCCCCCCCCCC)COP(=O)(O)OC[C@H](N)C(=O)O. The molecule has 0 heterocycles. The van der Waals surface area contributed by atoms with Gasteiger partial charge in [0.05, 0.1) is 13.2 Å². The second-order valence-electron chi connectivity index (χ2n) is 13.1. The standard InChI is InChI=1S/C37H70NO10P/c1-3-5-7-9-11-13-14-15-16-17-18-19-21-23-25-27-29-36(40)48-33(31-46-49(43,44)47-32-34(38)37(41)42)30-45-35(39)28-26-24-22-20-12-10-8-6-4-2/h16-17,33-34H,3-15,18-32,38H2,1-2H3,(H,41,42)(H,43,44)/b17-16-/t33-,34+/m1/s1. The number of nitrogens with two attached hydrogens (primary N) is 1. The molecule has 0 spiro atoms. The molecule has 0 saturated carbocycles. The van der Waals surface area contributed by atoms with Crippen molar-refractivity contribution in [1.82, 2.24) is 0 Å². The van der Waals surface area contributed by atoms with Gasteiger partial charge in [-0.1, -0.05) is 135 Å². The van der Waals surface area contributed by atoms with Crippen LogP contribution in [0.3, 0.4) is 0 Å². The van der Waals surface area contributed by atoms with E-state index >= 15 is 0 Å². The number of hydrogen-bond acceptors (Lipinski definition) is 9. The molecule has 0 aromatic carbocycles. The van der Waals surface area contributed by atoms with Crippen molar-refractivity contribution in [3.8, 4) is 0 Å². The molecule has 11 nitrogen and oxygen atoms in total. The van der Waals surface area contributed by atoms with E-state index < -0.39 is 51.1 Å². The molecule has 0 aliphatic carbocycles. The Morgan fingerprint density at radius 1 is 0.612 bits per heavy atom. The lowest BCUT2D eigenvalue weighted by Crippen LogP contribution is -2.34. The Labute approximate surface area is 297 Å². The number of aliphatic carboxylic acids is 1. The topological polar surface area (TPSA) is 172 Å². The maximum absolute atomic E-state index is 12.5. The third-order valence-electron chi connectivity index (χ3n) is 8.26. The van der Waals surface area contributed by atoms with Crippen molar-refractivity contribution in [2.24, 2.45) is 5.73 Å². The van der Waals surface area contributed by atoms with Gasteiger partial charge in [-0.15, -0.1) is 0 Å². The van der Waals surface area contributed by atoms with E-state index in [4.69, 9.17) is 24.8 Å². The summed E-state index contributed by atoms with van der Waals surface area (Å²) in [6.45, 7) is 2.75. The van der Waals surface area contributed by atoms with E-state index in [1.807, 2.05) is 0 Å². The quantitative estimate of drug-likeness (QED) is 0.0244. The van der Waals surface area contributed by atoms with Gasteiger partial charge in [-0.3, -0.25) is 23.4 Å². The first-order chi connectivity index (χ1) is 23.6. The van der Waals surface area contributed by atoms with Gasteiger partial charge in [0.15, 0.2) is 6.10 Å². The predicted octanol–water partition coefficient (Wildman–Crippen LogP) is 9.34. The van der Waals surface area contributed by atoms with Crippen LogP contribution in [0, 0.1) is 0 Å². The molecule has 0 aromatic rings. The molecule has 0 bridgehead atoms. The van der Waals surface area contributed by atoms with Crippen LogP contribution in [0.5, 0.6) is 0 Å². The highest BCUT2D eigenvalue weighted by Crippen LogP contribution is 2.43. The summed E-state index contributed by atoms with van der Waals surface area (Å²) in [5, 5.41) is 8.85. The van der Waals surface area contributed by atoms with Gasteiger partial charge in [-0.05, 0) is 38.5 Å². The molecule has 49 heavy (non-hydrogen) atoms. The number of carboxylic acid groups (broad SMARTS) is 1. The number of carboxylic acids is 1. The van der Waals surface area contributed by atoms with Crippen LogP contribution >= 0.6 is 7.82 Å². The molecule has 12 heteroatoms. The third-order valence-corrected chi connectivity index (χ3v) is 9.21. The molecule has 288 valence electrons. The Morgan fingerprint density at radius 3 is 1.49 bits per heavy atom. The van der Waals surface area contributed by atoms with E-state index in [1.165, 1.54) is 77.0 Å². The van der Waals surface area contributed by atoms with Crippen LogP contribution in [0.4, 0.5) is 0 Å². The van der Waals surface area contributed by atoms with Gasteiger partial charge < -0.3 is 25.2 Å². The lowest BCUT2D eigenvalue weighted by molar-refractivity contribution is -0.161. The van der Waals surface area contributed by atoms with Gasteiger partial charge in [0.2, 0.25) is 0 Å². The number of allylic oxidation sites excluding steroid dienone is 2. The second kappa shape index (κ2) is 33.4. The maximum atomic E-state index is 12.5. The number of hydrogen-bond donors (Lipinski definition) is 3. The molecular formula is C37H70NO10P. The largest absolute Gasteiger partial charge is 0.480 e. The smallest absolute Gasteiger partial charge is 0.472 e. The Hall–Kier alpha value is -1.78. The molecule has 0 amide bonds. The van der Waals surface area contributed by atoms with E-state index in [9.17, 15) is 23.8 Å². The summed E-state index contributed by atoms with van der Waals surface area (Å²) in [7, 11) is -4.70. The second-order valence-corrected chi connectivity index (χ2v) is 14.5. The first kappa shape index (κ1) is 47.2. The van der Waals surface area contributed by atoms with Crippen LogP contribution in [0.2, 0.25) is 0 Å². The maximum Gasteiger partial charge on any atom is 0.472 e. The number of phosphoric ester groups is 1. The highest BCUT2D eigenvalue weighted by Gasteiger charge is 2.28. The van der Waals surface area contributed by atoms with Crippen molar-refractivity contribution in [1.29, 1.82) is 0 Å². The molecule has 0 fully saturated rings. The van der Waals surface area contributed by atoms with Gasteiger partial charge in [-0.2, -0.15) is 0 Å². The monoisotopic (exact) mass is 719 g/mol. The lowest BCUT2D eigenvalue weighted by atomic mass is 10.1. The van der Waals surface area contributed by atoms with Crippen molar-refractivity contribution < 1.29 is 47.5 Å². The van der Waals surface area contributed by atoms with Gasteiger partial charge >= 0.3 is 25.7 Å². The van der Waals surface area contributed by atoms with Crippen molar-refractivity contribution >= 4 is 25.7 Å². The first-order valence-electron chi connectivity index (χ1n) is 19.2. The average Bonchev–Trinajstić information content (AvgIpc) is 3.07. The van der Waals surface area contributed by atoms with Crippen molar-refractivity contribution in [2.75, 3.05) is 19.8 Å². The molecule has 0 aliphatic heterocycles. The minimum atomic E-state index is -4.70. The molecule has 3 atom stereocenters. The molecule has 1 unspecified atom stereocenters. The number of ether oxygens (including phenoxy) is 2. The minimum Gasteiger partial charge on any atom is -0.480 e. The number of carbonyl (C=O) groups is 3. The number of carbonyl (C=O) groups excluding carboxylic acids is 2. The zero-order valence-electron chi connectivity index (χ0n) is 30.8. The van der Waals surface area contributed by atoms with E-state index in [2.05, 4.69) is 30.5 Å². The average molecular weight is 720 g/mol. The summed E-state index contributed by atoms with van der Waals surface area (Å²) in [5.74, 6) is -2.39. The normalized spacial score (nSPS) is 14.0. The molecule has 0 radical (unpaired) electrons. The molecule has 0 rings (SSSR count). The third kappa shape index (κ3) is 33.1. The molecule has 0 aliphatic rings. The molecule has 0 aromatic heterocycles. The van der Waals surface area contributed by atoms with Gasteiger partial charge in [0.25, 0.3) is 0 Å². The zero-order valence-corrected chi connectivity index (χ0v) is 31.7. The van der Waals surface area contributed by atoms with E-state index in [-0.39, 0.29) is 19.4 Å². The lowest BCUT2D eigenvalue weighted by Gasteiger charge is -2.20. The van der Waals surface area contributed by atoms with Gasteiger partial charge in [0.1, 0.15) is 12.6 Å². The summed E-state index contributed by atoms with van der Waals surface area (Å²) in [6.07, 6.45) is 30.0. The highest BCUT2D eigenvalue weighted by atomic mass is 31.2. The van der Waals surface area contributed by atoms with E-state index in [0.717, 1.165) is 57.8 Å². The van der Waals surface area contributed by atoms with Crippen molar-refractivity contribution in [3.05, 3.63) is 12.2 Å². The van der Waals surface area contributed by atoms with Crippen LogP contribution in [0.25, 0.3) is 0 Å². The summed E-state index contributed by atoms with van der Waals surface area (Å²) in [6, 6.07) is -1.52. The van der Waals surface area contributed by atoms with Gasteiger partial charge in [0, 0.05) is 12.8 Å². The van der Waals surface area contributed by atoms with E-state index in [0.29, 0.717) is 12.8 Å². The van der Waals surface area contributed by atoms with Crippen LogP contribution in [-0.2, 0) is 37.5 Å². The van der Waals surface area contributed by atoms with Crippen LogP contribution in [0.15, 0.2) is 12.2 Å². The Kier molecular flexibility index (Phi) is 32.2. The van der Waals surface area contributed by atoms with Crippen molar-refractivity contribution in [2.45, 2.75) is 187 Å². The summed E-state index contributed by atoms with van der Waals surface area (Å²) >= 11 is 0. The Bertz CT molecular complexity index is 900. The summed E-state index contributed by atoms with van der Waals surface area (Å²) < 4.78 is 32.5. The number of unbranched alkanes of at least 4 members (excludes halogenated alkanes) is 20. The fourth-order valence-corrected chi connectivity index (χ4v) is 5.95. The Balaban J connectivity index is 4.41. The van der Waals surface area contributed by atoms with Crippen LogP contribution in [0.1, 0.15) is 174 Å². The zero-order chi connectivity index (χ0) is 36.4. The van der Waals surface area contributed by atoms with E-state index in [1.54, 1.807) is 0 Å². The van der Waals surface area contributed by atoms with Crippen molar-refractivity contribution in [3.63, 3.8) is 0 Å². The molecule has 0 saturated heterocycles. The van der Waals surface area contributed by atoms with Gasteiger partial charge in [-0.25, -0.2) is 4.57 Å².